The minimum atomic E-state index is -0.0885. The van der Waals surface area contributed by atoms with E-state index in [1.165, 1.54) is 64.2 Å². The highest BCUT2D eigenvalue weighted by atomic mass is 16.1. The van der Waals surface area contributed by atoms with Crippen LogP contribution >= 0.6 is 0 Å². The number of rotatable bonds is 15. The summed E-state index contributed by atoms with van der Waals surface area (Å²) in [6.45, 7) is 4.43. The normalized spacial score (nSPS) is 12.5. The van der Waals surface area contributed by atoms with Crippen LogP contribution in [0.15, 0.2) is 0 Å². The molecule has 1 amide bonds. The standard InChI is InChI=1S/C18H37NO/c1-3-5-7-8-9-10-11-12-13-14-16-17(18(19)20)15-6-4-2/h17H,3-16H2,1-2H3,(H2,19,20). The number of carbonyl (C=O) groups is 1. The Balaban J connectivity index is 3.34. The zero-order valence-corrected chi connectivity index (χ0v) is 14.0. The number of nitrogens with two attached hydrogens (primary N) is 1. The summed E-state index contributed by atoms with van der Waals surface area (Å²) in [7, 11) is 0. The molecular formula is C18H37NO. The number of unbranched alkanes of at least 4 members (excludes halogenated alkanes) is 10. The Morgan fingerprint density at radius 2 is 1.10 bits per heavy atom. The molecule has 0 fully saturated rings. The summed E-state index contributed by atoms with van der Waals surface area (Å²) in [5.41, 5.74) is 5.46. The van der Waals surface area contributed by atoms with E-state index in [0.29, 0.717) is 0 Å². The Morgan fingerprint density at radius 1 is 0.700 bits per heavy atom. The van der Waals surface area contributed by atoms with Gasteiger partial charge >= 0.3 is 0 Å². The van der Waals surface area contributed by atoms with Crippen molar-refractivity contribution >= 4 is 5.91 Å². The molecule has 0 saturated carbocycles. The molecule has 0 aromatic rings. The van der Waals surface area contributed by atoms with Gasteiger partial charge in [-0.3, -0.25) is 4.79 Å². The minimum absolute atomic E-state index is 0.0885. The van der Waals surface area contributed by atoms with Crippen LogP contribution in [-0.2, 0) is 4.79 Å². The van der Waals surface area contributed by atoms with Crippen LogP contribution < -0.4 is 5.73 Å². The van der Waals surface area contributed by atoms with Gasteiger partial charge in [0.25, 0.3) is 0 Å². The van der Waals surface area contributed by atoms with Crippen molar-refractivity contribution in [2.45, 2.75) is 104 Å². The predicted molar refractivity (Wildman–Crippen MR) is 88.7 cm³/mol. The Kier molecular flexibility index (Phi) is 14.5. The molecule has 0 bridgehead atoms. The van der Waals surface area contributed by atoms with E-state index in [-0.39, 0.29) is 11.8 Å². The minimum Gasteiger partial charge on any atom is -0.369 e. The Labute approximate surface area is 126 Å². The van der Waals surface area contributed by atoms with Crippen LogP contribution in [-0.4, -0.2) is 5.91 Å². The van der Waals surface area contributed by atoms with Crippen LogP contribution in [0.3, 0.4) is 0 Å². The SMILES string of the molecule is CCCCCCCCCCCCC(CCCC)C(N)=O. The van der Waals surface area contributed by atoms with Crippen molar-refractivity contribution in [1.82, 2.24) is 0 Å². The molecule has 0 rings (SSSR count). The fraction of sp³-hybridized carbons (Fsp3) is 0.944. The molecule has 120 valence electrons. The molecule has 20 heavy (non-hydrogen) atoms. The molecule has 0 aliphatic carbocycles. The lowest BCUT2D eigenvalue weighted by atomic mass is 9.94. The maximum Gasteiger partial charge on any atom is 0.220 e. The highest BCUT2D eigenvalue weighted by molar-refractivity contribution is 5.76. The van der Waals surface area contributed by atoms with Crippen molar-refractivity contribution in [3.8, 4) is 0 Å². The van der Waals surface area contributed by atoms with E-state index in [4.69, 9.17) is 5.73 Å². The summed E-state index contributed by atoms with van der Waals surface area (Å²) in [4.78, 5) is 11.3. The molecule has 0 saturated heterocycles. The van der Waals surface area contributed by atoms with Crippen molar-refractivity contribution in [2.75, 3.05) is 0 Å². The van der Waals surface area contributed by atoms with E-state index in [9.17, 15) is 4.79 Å². The molecule has 0 aromatic carbocycles. The average molecular weight is 283 g/mol. The van der Waals surface area contributed by atoms with Gasteiger partial charge in [-0.05, 0) is 12.8 Å². The molecule has 0 spiro atoms. The first-order valence-electron chi connectivity index (χ1n) is 9.01. The van der Waals surface area contributed by atoms with Gasteiger partial charge in [0.15, 0.2) is 0 Å². The number of carbonyl (C=O) groups excluding carboxylic acids is 1. The predicted octanol–water partition coefficient (Wildman–Crippen LogP) is 5.59. The maximum absolute atomic E-state index is 11.3. The molecule has 2 N–H and O–H groups in total. The summed E-state index contributed by atoms with van der Waals surface area (Å²) in [6, 6.07) is 0. The van der Waals surface area contributed by atoms with E-state index in [2.05, 4.69) is 13.8 Å². The fourth-order valence-electron chi connectivity index (χ4n) is 2.76. The van der Waals surface area contributed by atoms with E-state index in [0.717, 1.165) is 25.7 Å². The third kappa shape index (κ3) is 12.5. The van der Waals surface area contributed by atoms with Gasteiger partial charge in [0, 0.05) is 5.92 Å². The molecule has 0 radical (unpaired) electrons. The number of amides is 1. The fourth-order valence-corrected chi connectivity index (χ4v) is 2.76. The van der Waals surface area contributed by atoms with E-state index in [1.807, 2.05) is 0 Å². The average Bonchev–Trinajstić information content (AvgIpc) is 2.43. The Hall–Kier alpha value is -0.530. The number of hydrogen-bond donors (Lipinski definition) is 1. The van der Waals surface area contributed by atoms with Gasteiger partial charge in [0.05, 0.1) is 0 Å². The Bertz CT molecular complexity index is 215. The summed E-state index contributed by atoms with van der Waals surface area (Å²) < 4.78 is 0. The molecule has 2 heteroatoms. The van der Waals surface area contributed by atoms with Crippen LogP contribution in [0, 0.1) is 5.92 Å². The van der Waals surface area contributed by atoms with Crippen LogP contribution in [0.2, 0.25) is 0 Å². The first-order valence-corrected chi connectivity index (χ1v) is 9.01. The van der Waals surface area contributed by atoms with E-state index in [1.54, 1.807) is 0 Å². The third-order valence-corrected chi connectivity index (χ3v) is 4.21. The van der Waals surface area contributed by atoms with Crippen LogP contribution in [0.25, 0.3) is 0 Å². The molecule has 0 aliphatic rings. The number of hydrogen-bond acceptors (Lipinski definition) is 1. The molecule has 1 atom stereocenters. The van der Waals surface area contributed by atoms with Gasteiger partial charge in [0.2, 0.25) is 5.91 Å². The zero-order valence-electron chi connectivity index (χ0n) is 14.0. The van der Waals surface area contributed by atoms with Crippen molar-refractivity contribution in [1.29, 1.82) is 0 Å². The topological polar surface area (TPSA) is 43.1 Å². The van der Waals surface area contributed by atoms with E-state index < -0.39 is 0 Å². The van der Waals surface area contributed by atoms with Gasteiger partial charge in [-0.1, -0.05) is 90.9 Å². The van der Waals surface area contributed by atoms with Crippen LogP contribution in [0.5, 0.6) is 0 Å². The monoisotopic (exact) mass is 283 g/mol. The van der Waals surface area contributed by atoms with Gasteiger partial charge in [0.1, 0.15) is 0 Å². The number of primary amides is 1. The quantitative estimate of drug-likeness (QED) is 0.391. The molecule has 0 aliphatic heterocycles. The molecule has 2 nitrogen and oxygen atoms in total. The van der Waals surface area contributed by atoms with Gasteiger partial charge in [-0.25, -0.2) is 0 Å². The second kappa shape index (κ2) is 14.9. The molecule has 0 heterocycles. The largest absolute Gasteiger partial charge is 0.369 e. The first-order chi connectivity index (χ1) is 9.72. The smallest absolute Gasteiger partial charge is 0.220 e. The van der Waals surface area contributed by atoms with Crippen LogP contribution in [0.1, 0.15) is 104 Å². The lowest BCUT2D eigenvalue weighted by Crippen LogP contribution is -2.23. The maximum atomic E-state index is 11.3. The summed E-state index contributed by atoms with van der Waals surface area (Å²) in [5, 5.41) is 0. The van der Waals surface area contributed by atoms with Gasteiger partial charge in [-0.2, -0.15) is 0 Å². The zero-order chi connectivity index (χ0) is 15.1. The van der Waals surface area contributed by atoms with Crippen molar-refractivity contribution in [2.24, 2.45) is 11.7 Å². The van der Waals surface area contributed by atoms with Gasteiger partial charge in [-0.15, -0.1) is 0 Å². The van der Waals surface area contributed by atoms with E-state index >= 15 is 0 Å². The molecule has 0 aromatic heterocycles. The summed E-state index contributed by atoms with van der Waals surface area (Å²) in [6.07, 6.45) is 17.8. The lowest BCUT2D eigenvalue weighted by molar-refractivity contribution is -0.122. The third-order valence-electron chi connectivity index (χ3n) is 4.21. The van der Waals surface area contributed by atoms with Crippen LogP contribution in [0.4, 0.5) is 0 Å². The highest BCUT2D eigenvalue weighted by Crippen LogP contribution is 2.17. The highest BCUT2D eigenvalue weighted by Gasteiger charge is 2.13. The second-order valence-corrected chi connectivity index (χ2v) is 6.21. The van der Waals surface area contributed by atoms with Crippen molar-refractivity contribution in [3.05, 3.63) is 0 Å². The second-order valence-electron chi connectivity index (χ2n) is 6.21. The Morgan fingerprint density at radius 3 is 1.55 bits per heavy atom. The molecular weight excluding hydrogens is 246 g/mol. The lowest BCUT2D eigenvalue weighted by Gasteiger charge is -2.12. The summed E-state index contributed by atoms with van der Waals surface area (Å²) >= 11 is 0. The van der Waals surface area contributed by atoms with Crippen molar-refractivity contribution < 1.29 is 4.79 Å². The first kappa shape index (κ1) is 19.5. The van der Waals surface area contributed by atoms with Gasteiger partial charge < -0.3 is 5.73 Å². The summed E-state index contributed by atoms with van der Waals surface area (Å²) in [5.74, 6) is 0.0402. The molecule has 1 unspecified atom stereocenters. The van der Waals surface area contributed by atoms with Crippen molar-refractivity contribution in [3.63, 3.8) is 0 Å².